The summed E-state index contributed by atoms with van der Waals surface area (Å²) < 4.78 is 10.1. The van der Waals surface area contributed by atoms with Crippen LogP contribution < -0.4 is 5.32 Å². The van der Waals surface area contributed by atoms with Gasteiger partial charge in [-0.2, -0.15) is 0 Å². The van der Waals surface area contributed by atoms with Crippen molar-refractivity contribution in [2.24, 2.45) is 0 Å². The summed E-state index contributed by atoms with van der Waals surface area (Å²) in [7, 11) is 1.36. The van der Waals surface area contributed by atoms with E-state index in [1.807, 2.05) is 6.07 Å². The first kappa shape index (κ1) is 13.6. The Labute approximate surface area is 118 Å². The van der Waals surface area contributed by atoms with Crippen LogP contribution in [-0.2, 0) is 11.3 Å². The number of hydrogen-bond donors (Lipinski definition) is 1. The maximum absolute atomic E-state index is 11.3. The predicted molar refractivity (Wildman–Crippen MR) is 73.6 cm³/mol. The molecule has 0 bridgehead atoms. The molecule has 0 saturated carbocycles. The summed E-state index contributed by atoms with van der Waals surface area (Å²) >= 11 is 0. The first-order valence-electron chi connectivity index (χ1n) is 7.10. The topological polar surface area (TPSA) is 58.0 Å². The lowest BCUT2D eigenvalue weighted by atomic mass is 10.1. The van der Waals surface area contributed by atoms with Crippen LogP contribution in [0.5, 0.6) is 0 Å². The van der Waals surface area contributed by atoms with Gasteiger partial charge in [0.05, 0.1) is 13.7 Å². The zero-order valence-corrected chi connectivity index (χ0v) is 11.8. The van der Waals surface area contributed by atoms with Crippen molar-refractivity contribution in [3.05, 3.63) is 23.7 Å². The van der Waals surface area contributed by atoms with Crippen LogP contribution in [0.3, 0.4) is 0 Å². The molecule has 0 aliphatic carbocycles. The summed E-state index contributed by atoms with van der Waals surface area (Å²) in [4.78, 5) is 16.2. The highest BCUT2D eigenvalue weighted by atomic mass is 16.5. The van der Waals surface area contributed by atoms with E-state index in [0.29, 0.717) is 0 Å². The van der Waals surface area contributed by atoms with Gasteiger partial charge < -0.3 is 14.5 Å². The molecule has 20 heavy (non-hydrogen) atoms. The quantitative estimate of drug-likeness (QED) is 0.792. The van der Waals surface area contributed by atoms with Gasteiger partial charge in [-0.25, -0.2) is 4.79 Å². The Morgan fingerprint density at radius 2 is 2.10 bits per heavy atom. The van der Waals surface area contributed by atoms with Crippen LogP contribution in [0, 0.1) is 0 Å². The largest absolute Gasteiger partial charge is 0.463 e. The number of piperazine rings is 1. The van der Waals surface area contributed by atoms with Crippen molar-refractivity contribution in [1.29, 1.82) is 0 Å². The molecule has 6 heteroatoms. The number of nitrogens with one attached hydrogen (secondary N) is 1. The fourth-order valence-corrected chi connectivity index (χ4v) is 2.71. The minimum Gasteiger partial charge on any atom is -0.463 e. The van der Waals surface area contributed by atoms with Crippen molar-refractivity contribution < 1.29 is 13.9 Å². The van der Waals surface area contributed by atoms with E-state index in [4.69, 9.17) is 4.42 Å². The highest BCUT2D eigenvalue weighted by Crippen LogP contribution is 2.15. The van der Waals surface area contributed by atoms with E-state index in [1.54, 1.807) is 6.07 Å². The van der Waals surface area contributed by atoms with Crippen LogP contribution in [0.15, 0.2) is 16.5 Å². The average Bonchev–Trinajstić information content (AvgIpc) is 2.86. The van der Waals surface area contributed by atoms with Crippen LogP contribution in [0.4, 0.5) is 0 Å². The number of methoxy groups -OCH3 is 1. The summed E-state index contributed by atoms with van der Waals surface area (Å²) in [5.74, 6) is 0.685. The predicted octanol–water partition coefficient (Wildman–Crippen LogP) is 0.156. The molecule has 2 aliphatic rings. The van der Waals surface area contributed by atoms with Gasteiger partial charge in [-0.1, -0.05) is 0 Å². The molecule has 0 spiro atoms. The minimum absolute atomic E-state index is 0.279. The molecule has 3 heterocycles. The molecule has 1 N–H and O–H groups in total. The number of carbonyl (C=O) groups excluding carboxylic acids is 1. The van der Waals surface area contributed by atoms with E-state index >= 15 is 0 Å². The summed E-state index contributed by atoms with van der Waals surface area (Å²) in [6, 6.07) is 4.26. The Balaban J connectivity index is 1.49. The number of hydrogen-bond acceptors (Lipinski definition) is 6. The standard InChI is InChI=1S/C14H21N3O3/c1-19-14(18)13-3-2-12(20-13)10-16-4-6-17(7-5-16)11-8-15-9-11/h2-3,11,15H,4-10H2,1H3. The van der Waals surface area contributed by atoms with Gasteiger partial charge in [0.15, 0.2) is 0 Å². The summed E-state index contributed by atoms with van der Waals surface area (Å²) in [5, 5.41) is 3.31. The van der Waals surface area contributed by atoms with E-state index in [-0.39, 0.29) is 5.76 Å². The molecule has 0 aromatic carbocycles. The lowest BCUT2D eigenvalue weighted by molar-refractivity contribution is 0.0548. The Morgan fingerprint density at radius 3 is 2.70 bits per heavy atom. The molecular formula is C14H21N3O3. The summed E-state index contributed by atoms with van der Waals surface area (Å²) in [5.41, 5.74) is 0. The molecule has 0 unspecified atom stereocenters. The Morgan fingerprint density at radius 1 is 1.35 bits per heavy atom. The Hall–Kier alpha value is -1.37. The van der Waals surface area contributed by atoms with Gasteiger partial charge in [-0.3, -0.25) is 9.80 Å². The maximum atomic E-state index is 11.3. The zero-order valence-electron chi connectivity index (χ0n) is 11.8. The van der Waals surface area contributed by atoms with Crippen molar-refractivity contribution in [2.45, 2.75) is 12.6 Å². The van der Waals surface area contributed by atoms with Gasteiger partial charge in [-0.05, 0) is 12.1 Å². The van der Waals surface area contributed by atoms with Crippen molar-refractivity contribution in [1.82, 2.24) is 15.1 Å². The van der Waals surface area contributed by atoms with Crippen LogP contribution >= 0.6 is 0 Å². The third kappa shape index (κ3) is 2.87. The third-order valence-electron chi connectivity index (χ3n) is 4.11. The smallest absolute Gasteiger partial charge is 0.373 e. The molecular weight excluding hydrogens is 258 g/mol. The van der Waals surface area contributed by atoms with Crippen LogP contribution in [0.1, 0.15) is 16.3 Å². The highest BCUT2D eigenvalue weighted by molar-refractivity contribution is 5.86. The fourth-order valence-electron chi connectivity index (χ4n) is 2.71. The van der Waals surface area contributed by atoms with Crippen LogP contribution in [0.2, 0.25) is 0 Å². The molecule has 0 atom stereocenters. The molecule has 0 radical (unpaired) electrons. The van der Waals surface area contributed by atoms with Gasteiger partial charge >= 0.3 is 5.97 Å². The average molecular weight is 279 g/mol. The van der Waals surface area contributed by atoms with Gasteiger partial charge in [-0.15, -0.1) is 0 Å². The number of rotatable bonds is 4. The van der Waals surface area contributed by atoms with E-state index in [9.17, 15) is 4.79 Å². The first-order valence-corrected chi connectivity index (χ1v) is 7.10. The highest BCUT2D eigenvalue weighted by Gasteiger charge is 2.27. The molecule has 0 amide bonds. The zero-order chi connectivity index (χ0) is 13.9. The van der Waals surface area contributed by atoms with Gasteiger partial charge in [0.1, 0.15) is 5.76 Å². The normalized spacial score (nSPS) is 21.6. The second-order valence-electron chi connectivity index (χ2n) is 5.38. The number of ether oxygens (including phenoxy) is 1. The molecule has 2 saturated heterocycles. The monoisotopic (exact) mass is 279 g/mol. The molecule has 110 valence electrons. The Bertz CT molecular complexity index is 462. The lowest BCUT2D eigenvalue weighted by Gasteiger charge is -2.43. The van der Waals surface area contributed by atoms with Crippen molar-refractivity contribution >= 4 is 5.97 Å². The van der Waals surface area contributed by atoms with E-state index in [0.717, 1.165) is 57.6 Å². The lowest BCUT2D eigenvalue weighted by Crippen LogP contribution is -2.61. The number of esters is 1. The van der Waals surface area contributed by atoms with Crippen LogP contribution in [0.25, 0.3) is 0 Å². The second kappa shape index (κ2) is 5.95. The number of nitrogens with zero attached hydrogens (tertiary/aromatic N) is 2. The van der Waals surface area contributed by atoms with E-state index in [2.05, 4.69) is 19.9 Å². The van der Waals surface area contributed by atoms with E-state index < -0.39 is 5.97 Å². The van der Waals surface area contributed by atoms with Gasteiger partial charge in [0.2, 0.25) is 5.76 Å². The second-order valence-corrected chi connectivity index (χ2v) is 5.38. The summed E-state index contributed by atoms with van der Waals surface area (Å²) in [6.07, 6.45) is 0. The molecule has 2 aliphatic heterocycles. The van der Waals surface area contributed by atoms with E-state index in [1.165, 1.54) is 7.11 Å². The Kier molecular flexibility index (Phi) is 4.05. The van der Waals surface area contributed by atoms with Crippen molar-refractivity contribution in [3.63, 3.8) is 0 Å². The number of carbonyl (C=O) groups is 1. The number of furan rings is 1. The van der Waals surface area contributed by atoms with Crippen molar-refractivity contribution in [2.75, 3.05) is 46.4 Å². The SMILES string of the molecule is COC(=O)c1ccc(CN2CCN(C3CNC3)CC2)o1. The molecule has 3 rings (SSSR count). The molecule has 6 nitrogen and oxygen atoms in total. The van der Waals surface area contributed by atoms with Crippen LogP contribution in [-0.4, -0.2) is 68.2 Å². The van der Waals surface area contributed by atoms with Gasteiger partial charge in [0.25, 0.3) is 0 Å². The summed E-state index contributed by atoms with van der Waals surface area (Å²) in [6.45, 7) is 7.32. The van der Waals surface area contributed by atoms with Gasteiger partial charge in [0, 0.05) is 45.3 Å². The molecule has 1 aromatic rings. The minimum atomic E-state index is -0.418. The molecule has 1 aromatic heterocycles. The first-order chi connectivity index (χ1) is 9.76. The fraction of sp³-hybridized carbons (Fsp3) is 0.643. The third-order valence-corrected chi connectivity index (χ3v) is 4.11. The molecule has 2 fully saturated rings. The van der Waals surface area contributed by atoms with Crippen molar-refractivity contribution in [3.8, 4) is 0 Å². The maximum Gasteiger partial charge on any atom is 0.373 e.